The number of hydrogen-bond donors (Lipinski definition) is 0. The smallest absolute Gasteiger partial charge is 0.198 e. The van der Waals surface area contributed by atoms with Crippen LogP contribution in [0.15, 0.2) is 40.2 Å². The molecule has 54 valence electrons. The number of oxazole rings is 1. The largest absolute Gasteiger partial charge is 0.442 e. The topological polar surface area (TPSA) is 38.4 Å². The average Bonchev–Trinajstić information content (AvgIpc) is 2.35. The Morgan fingerprint density at radius 3 is 3.18 bits per heavy atom. The summed E-state index contributed by atoms with van der Waals surface area (Å²) in [5.74, 6) is 0. The van der Waals surface area contributed by atoms with Gasteiger partial charge in [0.2, 0.25) is 0 Å². The Hall–Kier alpha value is -1.64. The highest BCUT2D eigenvalue weighted by Gasteiger charge is 1.88. The molecule has 0 radical (unpaired) electrons. The zero-order valence-corrected chi connectivity index (χ0v) is 5.77. The molecular weight excluding hydrogens is 140 g/mol. The molecule has 0 aromatic carbocycles. The molecule has 1 aromatic heterocycles. The van der Waals surface area contributed by atoms with Gasteiger partial charge in [-0.1, -0.05) is 12.2 Å². The van der Waals surface area contributed by atoms with Gasteiger partial charge in [-0.05, 0) is 12.2 Å². The van der Waals surface area contributed by atoms with Gasteiger partial charge in [-0.2, -0.15) is 4.98 Å². The van der Waals surface area contributed by atoms with Crippen LogP contribution in [0.2, 0.25) is 0 Å². The Labute approximate surface area is 63.1 Å². The van der Waals surface area contributed by atoms with Gasteiger partial charge < -0.3 is 4.42 Å². The standard InChI is InChI=1S/C8H6N2O/c1-2-4-7-8(9-5-3-1)10-6-11-7/h1-6H. The van der Waals surface area contributed by atoms with Crippen LogP contribution in [-0.4, -0.2) is 4.98 Å². The van der Waals surface area contributed by atoms with E-state index in [-0.39, 0.29) is 0 Å². The van der Waals surface area contributed by atoms with Crippen LogP contribution in [-0.2, 0) is 0 Å². The van der Waals surface area contributed by atoms with Crippen LogP contribution in [0.4, 0.5) is 0 Å². The molecule has 0 amide bonds. The van der Waals surface area contributed by atoms with Crippen LogP contribution in [0.1, 0.15) is 0 Å². The zero-order chi connectivity index (χ0) is 7.52. The molecule has 0 N–H and O–H groups in total. The molecule has 0 aliphatic carbocycles. The van der Waals surface area contributed by atoms with Crippen molar-refractivity contribution in [1.29, 1.82) is 0 Å². The fraction of sp³-hybridized carbons (Fsp3) is 0. The van der Waals surface area contributed by atoms with Crippen LogP contribution in [0.3, 0.4) is 0 Å². The van der Waals surface area contributed by atoms with Crippen LogP contribution in [0.5, 0.6) is 0 Å². The van der Waals surface area contributed by atoms with Gasteiger partial charge in [-0.25, -0.2) is 4.99 Å². The molecule has 2 rings (SSSR count). The first kappa shape index (κ1) is 6.09. The molecule has 1 aliphatic rings. The Bertz CT molecular complexity index is 373. The van der Waals surface area contributed by atoms with Crippen molar-refractivity contribution in [2.45, 2.75) is 0 Å². The van der Waals surface area contributed by atoms with Crippen LogP contribution in [0.25, 0.3) is 6.08 Å². The highest BCUT2D eigenvalue weighted by Crippen LogP contribution is 1.81. The third-order valence-corrected chi connectivity index (χ3v) is 1.33. The van der Waals surface area contributed by atoms with Crippen LogP contribution < -0.4 is 10.9 Å². The minimum Gasteiger partial charge on any atom is -0.442 e. The van der Waals surface area contributed by atoms with Gasteiger partial charge in [0, 0.05) is 6.20 Å². The fourth-order valence-corrected chi connectivity index (χ4v) is 0.831. The Morgan fingerprint density at radius 1 is 1.18 bits per heavy atom. The summed E-state index contributed by atoms with van der Waals surface area (Å²) in [5.41, 5.74) is 1.33. The average molecular weight is 146 g/mol. The van der Waals surface area contributed by atoms with Crippen molar-refractivity contribution in [3.8, 4) is 0 Å². The molecule has 0 atom stereocenters. The van der Waals surface area contributed by atoms with Crippen LogP contribution in [0, 0.1) is 0 Å². The van der Waals surface area contributed by atoms with Crippen molar-refractivity contribution in [2.75, 3.05) is 0 Å². The van der Waals surface area contributed by atoms with Gasteiger partial charge >= 0.3 is 0 Å². The Morgan fingerprint density at radius 2 is 2.18 bits per heavy atom. The number of rotatable bonds is 0. The van der Waals surface area contributed by atoms with Gasteiger partial charge in [0.1, 0.15) is 0 Å². The van der Waals surface area contributed by atoms with Gasteiger partial charge in [0.25, 0.3) is 0 Å². The third-order valence-electron chi connectivity index (χ3n) is 1.33. The number of nitrogens with zero attached hydrogens (tertiary/aromatic N) is 2. The molecule has 0 spiro atoms. The second-order valence-corrected chi connectivity index (χ2v) is 2.06. The van der Waals surface area contributed by atoms with E-state index in [1.807, 2.05) is 24.3 Å². The predicted molar refractivity (Wildman–Crippen MR) is 40.0 cm³/mol. The summed E-state index contributed by atoms with van der Waals surface area (Å²) in [5, 5.41) is 0. The minimum absolute atomic E-state index is 0.630. The quantitative estimate of drug-likeness (QED) is 0.523. The maximum Gasteiger partial charge on any atom is 0.198 e. The summed E-state index contributed by atoms with van der Waals surface area (Å²) in [4.78, 5) is 7.95. The minimum atomic E-state index is 0.630. The second-order valence-electron chi connectivity index (χ2n) is 2.06. The van der Waals surface area contributed by atoms with Gasteiger partial charge in [-0.3, -0.25) is 0 Å². The van der Waals surface area contributed by atoms with Crippen LogP contribution >= 0.6 is 0 Å². The van der Waals surface area contributed by atoms with Crippen molar-refractivity contribution < 1.29 is 4.42 Å². The van der Waals surface area contributed by atoms with E-state index >= 15 is 0 Å². The first-order valence-electron chi connectivity index (χ1n) is 3.28. The first-order valence-corrected chi connectivity index (χ1v) is 3.28. The van der Waals surface area contributed by atoms with Gasteiger partial charge in [-0.15, -0.1) is 0 Å². The van der Waals surface area contributed by atoms with Crippen molar-refractivity contribution in [1.82, 2.24) is 4.98 Å². The van der Waals surface area contributed by atoms with E-state index in [0.29, 0.717) is 10.9 Å². The van der Waals surface area contributed by atoms with Crippen molar-refractivity contribution in [3.05, 3.63) is 41.7 Å². The summed E-state index contributed by atoms with van der Waals surface area (Å²) >= 11 is 0. The van der Waals surface area contributed by atoms with E-state index in [0.717, 1.165) is 0 Å². The van der Waals surface area contributed by atoms with E-state index in [2.05, 4.69) is 9.98 Å². The third kappa shape index (κ3) is 1.12. The molecule has 3 nitrogen and oxygen atoms in total. The molecule has 0 unspecified atom stereocenters. The summed E-state index contributed by atoms with van der Waals surface area (Å²) in [6.45, 7) is 0. The van der Waals surface area contributed by atoms with E-state index in [1.54, 1.807) is 6.20 Å². The molecule has 2 heterocycles. The van der Waals surface area contributed by atoms with Crippen molar-refractivity contribution in [3.63, 3.8) is 0 Å². The molecule has 3 heteroatoms. The lowest BCUT2D eigenvalue weighted by Crippen LogP contribution is -2.21. The molecule has 0 saturated carbocycles. The second kappa shape index (κ2) is 2.54. The highest BCUT2D eigenvalue weighted by atomic mass is 16.3. The Balaban J connectivity index is 2.80. The number of allylic oxidation sites excluding steroid dienone is 3. The Kier molecular flexibility index (Phi) is 1.41. The lowest BCUT2D eigenvalue weighted by molar-refractivity contribution is 0.524. The number of hydrogen-bond acceptors (Lipinski definition) is 3. The summed E-state index contributed by atoms with van der Waals surface area (Å²) in [7, 11) is 0. The SMILES string of the molecule is C1=CC=c2ocnc2=NC=C1. The molecular formula is C8H6N2O. The molecule has 0 saturated heterocycles. The molecule has 11 heavy (non-hydrogen) atoms. The summed E-state index contributed by atoms with van der Waals surface area (Å²) < 4.78 is 5.05. The molecule has 0 bridgehead atoms. The predicted octanol–water partition coefficient (Wildman–Crippen LogP) is 0.158. The van der Waals surface area contributed by atoms with E-state index in [1.165, 1.54) is 6.39 Å². The number of fused-ring (bicyclic) bond motifs is 1. The van der Waals surface area contributed by atoms with Gasteiger partial charge in [0.05, 0.1) is 0 Å². The first-order chi connectivity index (χ1) is 5.47. The normalized spacial score (nSPS) is 14.2. The van der Waals surface area contributed by atoms with E-state index in [4.69, 9.17) is 4.42 Å². The molecule has 0 fully saturated rings. The zero-order valence-electron chi connectivity index (χ0n) is 5.77. The molecule has 1 aromatic rings. The lowest BCUT2D eigenvalue weighted by Gasteiger charge is -1.78. The van der Waals surface area contributed by atoms with Gasteiger partial charge in [0.15, 0.2) is 17.3 Å². The highest BCUT2D eigenvalue weighted by molar-refractivity contribution is 5.35. The van der Waals surface area contributed by atoms with E-state index in [9.17, 15) is 0 Å². The lowest BCUT2D eigenvalue weighted by atomic mass is 10.4. The number of aromatic nitrogens is 1. The van der Waals surface area contributed by atoms with Crippen molar-refractivity contribution in [2.24, 2.45) is 4.99 Å². The summed E-state index contributed by atoms with van der Waals surface area (Å²) in [6, 6.07) is 0. The molecule has 1 aliphatic heterocycles. The maximum absolute atomic E-state index is 5.05. The fourth-order valence-electron chi connectivity index (χ4n) is 0.831. The van der Waals surface area contributed by atoms with E-state index < -0.39 is 0 Å². The monoisotopic (exact) mass is 146 g/mol. The van der Waals surface area contributed by atoms with Crippen molar-refractivity contribution >= 4 is 6.08 Å². The summed E-state index contributed by atoms with van der Waals surface area (Å²) in [6.07, 6.45) is 10.5. The maximum atomic E-state index is 5.05.